The second kappa shape index (κ2) is 5.12. The zero-order valence-corrected chi connectivity index (χ0v) is 9.82. The Balaban J connectivity index is 2.46. The van der Waals surface area contributed by atoms with Gasteiger partial charge in [-0.1, -0.05) is 13.0 Å². The molecule has 1 atom stereocenters. The Labute approximate surface area is 103 Å². The largest absolute Gasteiger partial charge is 0.468 e. The first kappa shape index (κ1) is 12.5. The number of hydrogen-bond acceptors (Lipinski definition) is 2. The number of rotatable bonds is 4. The van der Waals surface area contributed by atoms with Gasteiger partial charge in [-0.05, 0) is 29.8 Å². The average Bonchev–Trinajstić information content (AvgIpc) is 2.87. The fourth-order valence-electron chi connectivity index (χ4n) is 1.86. The van der Waals surface area contributed by atoms with Crippen molar-refractivity contribution in [3.63, 3.8) is 0 Å². The van der Waals surface area contributed by atoms with Crippen LogP contribution in [0.15, 0.2) is 41.0 Å². The van der Waals surface area contributed by atoms with Crippen molar-refractivity contribution in [2.75, 3.05) is 0 Å². The summed E-state index contributed by atoms with van der Waals surface area (Å²) < 4.78 is 31.3. The van der Waals surface area contributed by atoms with Crippen molar-refractivity contribution in [2.45, 2.75) is 19.3 Å². The summed E-state index contributed by atoms with van der Waals surface area (Å²) in [6.07, 6.45) is 1.75. The molecule has 1 aromatic carbocycles. The maximum absolute atomic E-state index is 13.2. The molecule has 1 aromatic heterocycles. The Morgan fingerprint density at radius 2 is 2.06 bits per heavy atom. The highest BCUT2D eigenvalue weighted by Crippen LogP contribution is 2.28. The predicted molar refractivity (Wildman–Crippen MR) is 62.2 cm³/mol. The molecular formula is C14H12F2O2. The highest BCUT2D eigenvalue weighted by Gasteiger charge is 2.24. The fraction of sp³-hybridized carbons (Fsp3) is 0.214. The minimum absolute atomic E-state index is 0.101. The minimum atomic E-state index is -0.965. The molecule has 0 saturated heterocycles. The molecule has 4 heteroatoms. The maximum Gasteiger partial charge on any atom is 0.159 e. The maximum atomic E-state index is 13.2. The topological polar surface area (TPSA) is 30.2 Å². The third-order valence-electron chi connectivity index (χ3n) is 2.78. The first-order valence-corrected chi connectivity index (χ1v) is 5.64. The minimum Gasteiger partial charge on any atom is -0.468 e. The first-order chi connectivity index (χ1) is 8.63. The van der Waals surface area contributed by atoms with E-state index in [9.17, 15) is 13.6 Å². The molecule has 0 aliphatic rings. The van der Waals surface area contributed by atoms with Gasteiger partial charge in [0.2, 0.25) is 0 Å². The molecule has 1 heterocycles. The number of furan rings is 1. The van der Waals surface area contributed by atoms with Crippen LogP contribution in [0.4, 0.5) is 8.78 Å². The third-order valence-corrected chi connectivity index (χ3v) is 2.78. The molecule has 0 amide bonds. The van der Waals surface area contributed by atoms with Gasteiger partial charge in [0.05, 0.1) is 6.26 Å². The fourth-order valence-corrected chi connectivity index (χ4v) is 1.86. The number of hydrogen-bond donors (Lipinski definition) is 0. The quantitative estimate of drug-likeness (QED) is 0.828. The van der Waals surface area contributed by atoms with Gasteiger partial charge in [-0.2, -0.15) is 0 Å². The lowest BCUT2D eigenvalue weighted by atomic mass is 9.91. The zero-order valence-electron chi connectivity index (χ0n) is 9.82. The lowest BCUT2D eigenvalue weighted by molar-refractivity contribution is -0.119. The molecular weight excluding hydrogens is 238 g/mol. The van der Waals surface area contributed by atoms with Crippen LogP contribution in [0.1, 0.15) is 30.6 Å². The smallest absolute Gasteiger partial charge is 0.159 e. The second-order valence-corrected chi connectivity index (χ2v) is 3.94. The van der Waals surface area contributed by atoms with Gasteiger partial charge in [-0.25, -0.2) is 8.78 Å². The van der Waals surface area contributed by atoms with Crippen LogP contribution < -0.4 is 0 Å². The van der Waals surface area contributed by atoms with Crippen molar-refractivity contribution in [3.05, 3.63) is 59.6 Å². The van der Waals surface area contributed by atoms with Gasteiger partial charge in [0.1, 0.15) is 17.5 Å². The van der Waals surface area contributed by atoms with Crippen molar-refractivity contribution >= 4 is 5.78 Å². The Morgan fingerprint density at radius 1 is 1.28 bits per heavy atom. The summed E-state index contributed by atoms with van der Waals surface area (Å²) in [6, 6.07) is 6.77. The number of halogens is 2. The van der Waals surface area contributed by atoms with Crippen LogP contribution in [0.5, 0.6) is 0 Å². The molecule has 2 rings (SSSR count). The van der Waals surface area contributed by atoms with Gasteiger partial charge in [-0.3, -0.25) is 4.79 Å². The van der Waals surface area contributed by atoms with Gasteiger partial charge in [0.25, 0.3) is 0 Å². The summed E-state index contributed by atoms with van der Waals surface area (Å²) in [5, 5.41) is 0. The lowest BCUT2D eigenvalue weighted by Crippen LogP contribution is -2.12. The molecule has 0 fully saturated rings. The van der Waals surface area contributed by atoms with E-state index in [2.05, 4.69) is 0 Å². The number of carbonyl (C=O) groups is 1. The van der Waals surface area contributed by atoms with Crippen LogP contribution in [0.2, 0.25) is 0 Å². The van der Waals surface area contributed by atoms with E-state index in [0.717, 1.165) is 12.1 Å². The predicted octanol–water partition coefficient (Wildman–Crippen LogP) is 3.67. The Kier molecular flexibility index (Phi) is 3.55. The van der Waals surface area contributed by atoms with E-state index >= 15 is 0 Å². The van der Waals surface area contributed by atoms with Crippen molar-refractivity contribution in [3.8, 4) is 0 Å². The van der Waals surface area contributed by atoms with Crippen LogP contribution in [-0.4, -0.2) is 5.78 Å². The summed E-state index contributed by atoms with van der Waals surface area (Å²) in [5.41, 5.74) is 0.399. The van der Waals surface area contributed by atoms with Crippen LogP contribution >= 0.6 is 0 Å². The Bertz CT molecular complexity index is 547. The molecule has 0 bridgehead atoms. The van der Waals surface area contributed by atoms with Gasteiger partial charge in [-0.15, -0.1) is 0 Å². The normalized spacial score (nSPS) is 12.4. The monoisotopic (exact) mass is 250 g/mol. The van der Waals surface area contributed by atoms with Gasteiger partial charge in [0, 0.05) is 6.42 Å². The van der Waals surface area contributed by atoms with E-state index in [4.69, 9.17) is 4.42 Å². The molecule has 2 aromatic rings. The Hall–Kier alpha value is -1.97. The molecule has 0 saturated carbocycles. The summed E-state index contributed by atoms with van der Waals surface area (Å²) in [6.45, 7) is 1.72. The van der Waals surface area contributed by atoms with E-state index < -0.39 is 17.6 Å². The van der Waals surface area contributed by atoms with Gasteiger partial charge in [0.15, 0.2) is 11.6 Å². The van der Waals surface area contributed by atoms with Gasteiger partial charge < -0.3 is 4.42 Å². The number of benzene rings is 1. The lowest BCUT2D eigenvalue weighted by Gasteiger charge is -2.13. The van der Waals surface area contributed by atoms with Crippen molar-refractivity contribution in [1.82, 2.24) is 0 Å². The second-order valence-electron chi connectivity index (χ2n) is 3.94. The van der Waals surface area contributed by atoms with E-state index in [1.807, 2.05) is 0 Å². The highest BCUT2D eigenvalue weighted by molar-refractivity contribution is 5.88. The van der Waals surface area contributed by atoms with Crippen molar-refractivity contribution in [2.24, 2.45) is 0 Å². The summed E-state index contributed by atoms with van der Waals surface area (Å²) in [5.74, 6) is -2.24. The standard InChI is InChI=1S/C14H12F2O2/c1-2-12(17)14(13-4-3-7-18-13)9-5-6-10(15)11(16)8-9/h3-8,14H,2H2,1H3. The highest BCUT2D eigenvalue weighted by atomic mass is 19.2. The van der Waals surface area contributed by atoms with Crippen molar-refractivity contribution < 1.29 is 18.0 Å². The molecule has 18 heavy (non-hydrogen) atoms. The molecule has 0 aliphatic carbocycles. The first-order valence-electron chi connectivity index (χ1n) is 5.64. The van der Waals surface area contributed by atoms with E-state index in [-0.39, 0.29) is 5.78 Å². The molecule has 0 aliphatic heterocycles. The third kappa shape index (κ3) is 2.32. The van der Waals surface area contributed by atoms with Crippen LogP contribution in [0, 0.1) is 11.6 Å². The van der Waals surface area contributed by atoms with Gasteiger partial charge >= 0.3 is 0 Å². The summed E-state index contributed by atoms with van der Waals surface area (Å²) >= 11 is 0. The molecule has 0 radical (unpaired) electrons. The molecule has 0 N–H and O–H groups in total. The number of ketones is 1. The average molecular weight is 250 g/mol. The molecule has 0 spiro atoms. The van der Waals surface area contributed by atoms with E-state index in [1.165, 1.54) is 12.3 Å². The van der Waals surface area contributed by atoms with Crippen LogP contribution in [0.3, 0.4) is 0 Å². The number of Topliss-reactive ketones (excluding diaryl/α,β-unsaturated/α-hetero) is 1. The molecule has 94 valence electrons. The Morgan fingerprint density at radius 3 is 2.61 bits per heavy atom. The summed E-state index contributed by atoms with van der Waals surface area (Å²) in [7, 11) is 0. The van der Waals surface area contributed by atoms with Crippen LogP contribution in [0.25, 0.3) is 0 Å². The zero-order chi connectivity index (χ0) is 13.1. The van der Waals surface area contributed by atoms with Crippen molar-refractivity contribution in [1.29, 1.82) is 0 Å². The summed E-state index contributed by atoms with van der Waals surface area (Å²) in [4.78, 5) is 11.9. The molecule has 1 unspecified atom stereocenters. The van der Waals surface area contributed by atoms with E-state index in [0.29, 0.717) is 17.7 Å². The molecule has 2 nitrogen and oxygen atoms in total. The SMILES string of the molecule is CCC(=O)C(c1ccc(F)c(F)c1)c1ccco1. The van der Waals surface area contributed by atoms with E-state index in [1.54, 1.807) is 19.1 Å². The number of carbonyl (C=O) groups excluding carboxylic acids is 1. The van der Waals surface area contributed by atoms with Crippen LogP contribution in [-0.2, 0) is 4.79 Å².